The molecule has 0 spiro atoms. The molecule has 2 aliphatic carbocycles. The molecule has 0 radical (unpaired) electrons. The summed E-state index contributed by atoms with van der Waals surface area (Å²) in [5, 5.41) is 9.98. The van der Waals surface area contributed by atoms with Gasteiger partial charge in [-0.15, -0.1) is 0 Å². The molecule has 156 valence electrons. The fraction of sp³-hybridized carbons (Fsp3) is 0.478. The lowest BCUT2D eigenvalue weighted by molar-refractivity contribution is -0.140. The van der Waals surface area contributed by atoms with E-state index in [1.807, 2.05) is 12.1 Å². The molecular weight excluding hydrogens is 384 g/mol. The van der Waals surface area contributed by atoms with Gasteiger partial charge in [0, 0.05) is 20.0 Å². The summed E-state index contributed by atoms with van der Waals surface area (Å²) < 4.78 is 0. The highest BCUT2D eigenvalue weighted by atomic mass is 16.3. The number of aryl methyl sites for hydroxylation is 1. The van der Waals surface area contributed by atoms with E-state index in [1.54, 1.807) is 19.1 Å². The second-order valence-electron chi connectivity index (χ2n) is 9.04. The number of aromatic hydroxyl groups is 1. The van der Waals surface area contributed by atoms with E-state index in [0.717, 1.165) is 11.1 Å². The third kappa shape index (κ3) is 2.32. The molecular formula is C23H24N2O5. The van der Waals surface area contributed by atoms with Crippen LogP contribution >= 0.6 is 0 Å². The predicted octanol–water partition coefficient (Wildman–Crippen LogP) is 1.60. The second kappa shape index (κ2) is 6.27. The van der Waals surface area contributed by atoms with Crippen LogP contribution in [0.15, 0.2) is 29.8 Å². The van der Waals surface area contributed by atoms with Crippen LogP contribution in [0.25, 0.3) is 0 Å². The molecule has 5 rings (SSSR count). The number of carbonyl (C=O) groups is 4. The largest absolute Gasteiger partial charge is 0.508 e. The lowest BCUT2D eigenvalue weighted by Crippen LogP contribution is -2.42. The Labute approximate surface area is 174 Å². The maximum Gasteiger partial charge on any atom is 0.233 e. The van der Waals surface area contributed by atoms with Crippen molar-refractivity contribution in [3.63, 3.8) is 0 Å². The van der Waals surface area contributed by atoms with Gasteiger partial charge >= 0.3 is 0 Å². The van der Waals surface area contributed by atoms with Crippen molar-refractivity contribution >= 4 is 23.6 Å². The summed E-state index contributed by atoms with van der Waals surface area (Å²) in [6.07, 6.45) is 2.90. The van der Waals surface area contributed by atoms with Gasteiger partial charge < -0.3 is 5.11 Å². The summed E-state index contributed by atoms with van der Waals surface area (Å²) in [5.41, 5.74) is 2.53. The average Bonchev–Trinajstić information content (AvgIpc) is 3.09. The first-order chi connectivity index (χ1) is 14.2. The van der Waals surface area contributed by atoms with Crippen LogP contribution in [-0.4, -0.2) is 52.6 Å². The maximum absolute atomic E-state index is 13.1. The molecule has 3 fully saturated rings. The first-order valence-electron chi connectivity index (χ1n) is 10.3. The number of hydrogen-bond acceptors (Lipinski definition) is 5. The number of fused-ring (bicyclic) bond motifs is 4. The van der Waals surface area contributed by atoms with E-state index < -0.39 is 17.8 Å². The molecule has 4 aliphatic rings. The Balaban J connectivity index is 1.67. The molecule has 7 nitrogen and oxygen atoms in total. The number of phenolic OH excluding ortho intramolecular Hbond substituents is 1. The van der Waals surface area contributed by atoms with Gasteiger partial charge in [0.2, 0.25) is 23.6 Å². The minimum absolute atomic E-state index is 0.162. The Bertz CT molecular complexity index is 1040. The van der Waals surface area contributed by atoms with Crippen molar-refractivity contribution < 1.29 is 24.3 Å². The summed E-state index contributed by atoms with van der Waals surface area (Å²) in [4.78, 5) is 53.9. The Hall–Kier alpha value is -2.96. The summed E-state index contributed by atoms with van der Waals surface area (Å²) in [6, 6.07) is 5.26. The van der Waals surface area contributed by atoms with E-state index in [4.69, 9.17) is 0 Å². The van der Waals surface area contributed by atoms with Gasteiger partial charge in [-0.2, -0.15) is 0 Å². The standard InChI is InChI=1S/C23H24N2O5/c1-10-8-11(4-7-16(10)26)17-12-5-6-13-18(22(29)24(2)20(13)27)14(12)9-15-19(17)23(30)25(3)21(15)28/h4-5,7-8,13-15,17-19,26H,6,9H2,1-3H3/t13-,14+,15+,17-,18-,19+/m0/s1. The third-order valence-electron chi connectivity index (χ3n) is 7.67. The first-order valence-corrected chi connectivity index (χ1v) is 10.3. The Morgan fingerprint density at radius 1 is 0.867 bits per heavy atom. The van der Waals surface area contributed by atoms with Crippen molar-refractivity contribution in [2.24, 2.45) is 29.6 Å². The van der Waals surface area contributed by atoms with Crippen LogP contribution in [0.2, 0.25) is 0 Å². The summed E-state index contributed by atoms with van der Waals surface area (Å²) in [5.74, 6) is -3.06. The molecule has 30 heavy (non-hydrogen) atoms. The minimum Gasteiger partial charge on any atom is -0.508 e. The number of nitrogens with zero attached hydrogens (tertiary/aromatic N) is 2. The highest BCUT2D eigenvalue weighted by molar-refractivity contribution is 6.07. The van der Waals surface area contributed by atoms with Crippen LogP contribution in [0.4, 0.5) is 0 Å². The number of likely N-dealkylation sites (tertiary alicyclic amines) is 2. The van der Waals surface area contributed by atoms with Crippen LogP contribution in [0.1, 0.15) is 29.9 Å². The van der Waals surface area contributed by atoms with Gasteiger partial charge in [-0.1, -0.05) is 23.8 Å². The monoisotopic (exact) mass is 408 g/mol. The van der Waals surface area contributed by atoms with Crippen molar-refractivity contribution in [2.45, 2.75) is 25.7 Å². The van der Waals surface area contributed by atoms with E-state index in [9.17, 15) is 24.3 Å². The van der Waals surface area contributed by atoms with Gasteiger partial charge in [0.1, 0.15) is 5.75 Å². The van der Waals surface area contributed by atoms with E-state index in [0.29, 0.717) is 18.4 Å². The quantitative estimate of drug-likeness (QED) is 0.563. The van der Waals surface area contributed by atoms with Gasteiger partial charge in [0.15, 0.2) is 0 Å². The average molecular weight is 408 g/mol. The molecule has 2 heterocycles. The molecule has 0 bridgehead atoms. The lowest BCUT2D eigenvalue weighted by atomic mass is 9.57. The third-order valence-corrected chi connectivity index (χ3v) is 7.67. The summed E-state index contributed by atoms with van der Waals surface area (Å²) in [7, 11) is 3.04. The molecule has 1 saturated carbocycles. The molecule has 2 aliphatic heterocycles. The molecule has 1 aromatic carbocycles. The van der Waals surface area contributed by atoms with E-state index in [2.05, 4.69) is 0 Å². The first kappa shape index (κ1) is 19.0. The van der Waals surface area contributed by atoms with E-state index in [1.165, 1.54) is 23.9 Å². The number of allylic oxidation sites excluding steroid dienone is 2. The van der Waals surface area contributed by atoms with Gasteiger partial charge in [-0.3, -0.25) is 29.0 Å². The van der Waals surface area contributed by atoms with Gasteiger partial charge in [0.05, 0.1) is 23.7 Å². The smallest absolute Gasteiger partial charge is 0.233 e. The molecule has 1 aromatic rings. The highest BCUT2D eigenvalue weighted by Crippen LogP contribution is 2.57. The van der Waals surface area contributed by atoms with Gasteiger partial charge in [-0.05, 0) is 42.9 Å². The van der Waals surface area contributed by atoms with Crippen molar-refractivity contribution in [2.75, 3.05) is 14.1 Å². The van der Waals surface area contributed by atoms with Crippen LogP contribution in [-0.2, 0) is 19.2 Å². The number of hydrogen-bond donors (Lipinski definition) is 1. The molecule has 0 unspecified atom stereocenters. The normalized spacial score (nSPS) is 35.4. The summed E-state index contributed by atoms with van der Waals surface area (Å²) >= 11 is 0. The maximum atomic E-state index is 13.1. The number of rotatable bonds is 1. The van der Waals surface area contributed by atoms with Crippen LogP contribution in [0.5, 0.6) is 5.75 Å². The molecule has 7 heteroatoms. The molecule has 2 saturated heterocycles. The van der Waals surface area contributed by atoms with Crippen LogP contribution in [0.3, 0.4) is 0 Å². The number of benzene rings is 1. The number of amides is 4. The zero-order valence-corrected chi connectivity index (χ0v) is 17.2. The zero-order chi connectivity index (χ0) is 21.5. The fourth-order valence-corrected chi connectivity index (χ4v) is 6.15. The van der Waals surface area contributed by atoms with Crippen LogP contribution in [0, 0.1) is 36.5 Å². The second-order valence-corrected chi connectivity index (χ2v) is 9.04. The van der Waals surface area contributed by atoms with Gasteiger partial charge in [0.25, 0.3) is 0 Å². The van der Waals surface area contributed by atoms with Crippen LogP contribution < -0.4 is 0 Å². The summed E-state index contributed by atoms with van der Waals surface area (Å²) in [6.45, 7) is 1.80. The SMILES string of the molecule is Cc1cc([C@H]2C3=CC[C@@H]4C(=O)N(C)C(=O)[C@@H]4[C@@H]3C[C@H]3C(=O)N(C)C(=O)[C@@H]23)ccc1O. The van der Waals surface area contributed by atoms with Gasteiger partial charge in [-0.25, -0.2) is 0 Å². The molecule has 4 amide bonds. The Morgan fingerprint density at radius 2 is 1.50 bits per heavy atom. The molecule has 1 N–H and O–H groups in total. The fourth-order valence-electron chi connectivity index (χ4n) is 6.15. The van der Waals surface area contributed by atoms with E-state index in [-0.39, 0.29) is 47.1 Å². The van der Waals surface area contributed by atoms with Crippen molar-refractivity contribution in [1.29, 1.82) is 0 Å². The lowest BCUT2D eigenvalue weighted by Gasteiger charge is -2.44. The molecule has 6 atom stereocenters. The van der Waals surface area contributed by atoms with E-state index >= 15 is 0 Å². The number of phenols is 1. The van der Waals surface area contributed by atoms with Crippen molar-refractivity contribution in [3.8, 4) is 5.75 Å². The Morgan fingerprint density at radius 3 is 2.17 bits per heavy atom. The Kier molecular flexibility index (Phi) is 3.98. The highest BCUT2D eigenvalue weighted by Gasteiger charge is 2.60. The van der Waals surface area contributed by atoms with Crippen molar-refractivity contribution in [1.82, 2.24) is 9.80 Å². The molecule has 0 aromatic heterocycles. The van der Waals surface area contributed by atoms with Crippen molar-refractivity contribution in [3.05, 3.63) is 41.0 Å². The number of carbonyl (C=O) groups excluding carboxylic acids is 4. The minimum atomic E-state index is -0.518. The number of imide groups is 2. The predicted molar refractivity (Wildman–Crippen MR) is 106 cm³/mol. The topological polar surface area (TPSA) is 95.0 Å². The zero-order valence-electron chi connectivity index (χ0n) is 17.2.